The highest BCUT2D eigenvalue weighted by Gasteiger charge is 2.28. The number of nitrogens with two attached hydrogens (primary N) is 1. The van der Waals surface area contributed by atoms with Gasteiger partial charge < -0.3 is 5.73 Å². The molecule has 3 rings (SSSR count). The van der Waals surface area contributed by atoms with Crippen LogP contribution in [0.2, 0.25) is 0 Å². The van der Waals surface area contributed by atoms with Gasteiger partial charge in [0.15, 0.2) is 0 Å². The number of anilines is 1. The van der Waals surface area contributed by atoms with Gasteiger partial charge in [-0.05, 0) is 29.8 Å². The summed E-state index contributed by atoms with van der Waals surface area (Å²) in [4.78, 5) is 4.42. The lowest BCUT2D eigenvalue weighted by atomic mass is 10.2. The number of sulfonamides is 1. The van der Waals surface area contributed by atoms with Crippen LogP contribution in [-0.4, -0.2) is 19.1 Å². The second kappa shape index (κ2) is 5.16. The minimum atomic E-state index is -3.58. The molecule has 0 aromatic heterocycles. The van der Waals surface area contributed by atoms with E-state index in [0.29, 0.717) is 11.4 Å². The van der Waals surface area contributed by atoms with E-state index in [1.807, 2.05) is 0 Å². The van der Waals surface area contributed by atoms with Crippen LogP contribution in [0.3, 0.4) is 0 Å². The van der Waals surface area contributed by atoms with Crippen molar-refractivity contribution in [2.45, 2.75) is 11.4 Å². The van der Waals surface area contributed by atoms with E-state index in [1.54, 1.807) is 42.5 Å². The molecule has 5 nitrogen and oxygen atoms in total. The van der Waals surface area contributed by atoms with Crippen LogP contribution in [0.15, 0.2) is 56.8 Å². The van der Waals surface area contributed by atoms with Crippen molar-refractivity contribution in [2.24, 2.45) is 4.99 Å². The van der Waals surface area contributed by atoms with E-state index in [-0.39, 0.29) is 11.4 Å². The Morgan fingerprint density at radius 3 is 2.71 bits per heavy atom. The Balaban J connectivity index is 1.98. The molecule has 1 aliphatic heterocycles. The fourth-order valence-corrected chi connectivity index (χ4v) is 3.97. The molecule has 0 atom stereocenters. The number of para-hydroxylation sites is 1. The lowest BCUT2D eigenvalue weighted by Crippen LogP contribution is -2.31. The molecular formula is C14H12BrN3O2S. The van der Waals surface area contributed by atoms with Gasteiger partial charge in [0.05, 0.1) is 12.2 Å². The fraction of sp³-hybridized carbons (Fsp3) is 0.0714. The Hall–Kier alpha value is -1.86. The quantitative estimate of drug-likeness (QED) is 0.831. The van der Waals surface area contributed by atoms with Crippen molar-refractivity contribution in [1.82, 2.24) is 4.31 Å². The molecule has 2 aromatic rings. The highest BCUT2D eigenvalue weighted by Crippen LogP contribution is 2.31. The lowest BCUT2D eigenvalue weighted by molar-refractivity contribution is 0.521. The molecule has 0 saturated heterocycles. The van der Waals surface area contributed by atoms with Crippen molar-refractivity contribution < 1.29 is 8.42 Å². The number of hydrogen-bond acceptors (Lipinski definition) is 4. The smallest absolute Gasteiger partial charge is 0.267 e. The number of nitrogens with zero attached hydrogens (tertiary/aromatic N) is 2. The van der Waals surface area contributed by atoms with Gasteiger partial charge >= 0.3 is 0 Å². The average Bonchev–Trinajstić information content (AvgIpc) is 2.44. The third-order valence-electron chi connectivity index (χ3n) is 3.18. The second-order valence-electron chi connectivity index (χ2n) is 4.61. The molecule has 2 N–H and O–H groups in total. The normalized spacial score (nSPS) is 15.8. The molecular weight excluding hydrogens is 354 g/mol. The summed E-state index contributed by atoms with van der Waals surface area (Å²) < 4.78 is 27.2. The molecule has 0 aliphatic carbocycles. The van der Waals surface area contributed by atoms with Gasteiger partial charge in [-0.1, -0.05) is 34.1 Å². The van der Waals surface area contributed by atoms with Gasteiger partial charge in [0.25, 0.3) is 10.0 Å². The van der Waals surface area contributed by atoms with Crippen molar-refractivity contribution in [3.8, 4) is 0 Å². The van der Waals surface area contributed by atoms with Gasteiger partial charge in [0, 0.05) is 10.2 Å². The fourth-order valence-electron chi connectivity index (χ4n) is 2.08. The standard InChI is InChI=1S/C14H12BrN3O2S/c15-12-7-11(16)6-5-10(12)8-18-9-17-13-3-1-2-4-14(13)21(18,19)20/h1-7,9H,8,16H2. The first kappa shape index (κ1) is 14.1. The summed E-state index contributed by atoms with van der Waals surface area (Å²) in [6, 6.07) is 12.0. The van der Waals surface area contributed by atoms with E-state index in [9.17, 15) is 8.42 Å². The van der Waals surface area contributed by atoms with Crippen molar-refractivity contribution >= 4 is 43.7 Å². The van der Waals surface area contributed by atoms with Crippen LogP contribution < -0.4 is 5.73 Å². The molecule has 0 fully saturated rings. The monoisotopic (exact) mass is 365 g/mol. The largest absolute Gasteiger partial charge is 0.399 e. The number of rotatable bonds is 2. The molecule has 0 spiro atoms. The molecule has 21 heavy (non-hydrogen) atoms. The molecule has 7 heteroatoms. The van der Waals surface area contributed by atoms with Crippen LogP contribution >= 0.6 is 15.9 Å². The Morgan fingerprint density at radius 2 is 1.95 bits per heavy atom. The van der Waals surface area contributed by atoms with Crippen LogP contribution in [0.1, 0.15) is 5.56 Å². The zero-order valence-electron chi connectivity index (χ0n) is 10.9. The summed E-state index contributed by atoms with van der Waals surface area (Å²) >= 11 is 3.40. The molecule has 0 bridgehead atoms. The summed E-state index contributed by atoms with van der Waals surface area (Å²) in [7, 11) is -3.58. The Bertz CT molecular complexity index is 834. The first-order valence-corrected chi connectivity index (χ1v) is 8.41. The average molecular weight is 366 g/mol. The lowest BCUT2D eigenvalue weighted by Gasteiger charge is -2.24. The van der Waals surface area contributed by atoms with Gasteiger partial charge in [0.2, 0.25) is 0 Å². The van der Waals surface area contributed by atoms with Gasteiger partial charge in [-0.25, -0.2) is 13.4 Å². The molecule has 0 radical (unpaired) electrons. The van der Waals surface area contributed by atoms with E-state index in [0.717, 1.165) is 10.0 Å². The summed E-state index contributed by atoms with van der Waals surface area (Å²) in [5, 5.41) is 0. The van der Waals surface area contributed by atoms with Gasteiger partial charge in [-0.15, -0.1) is 0 Å². The summed E-state index contributed by atoms with van der Waals surface area (Å²) in [6.45, 7) is 0.195. The molecule has 1 heterocycles. The van der Waals surface area contributed by atoms with E-state index in [2.05, 4.69) is 20.9 Å². The zero-order valence-corrected chi connectivity index (χ0v) is 13.3. The molecule has 0 amide bonds. The first-order valence-electron chi connectivity index (χ1n) is 6.17. The Labute approximate surface area is 131 Å². The summed E-state index contributed by atoms with van der Waals surface area (Å²) in [5.41, 5.74) is 7.59. The Kier molecular flexibility index (Phi) is 3.46. The van der Waals surface area contributed by atoms with E-state index < -0.39 is 10.0 Å². The predicted molar refractivity (Wildman–Crippen MR) is 85.9 cm³/mol. The minimum absolute atomic E-state index is 0.195. The third-order valence-corrected chi connectivity index (χ3v) is 5.66. The van der Waals surface area contributed by atoms with Crippen LogP contribution in [0.5, 0.6) is 0 Å². The highest BCUT2D eigenvalue weighted by atomic mass is 79.9. The molecule has 0 saturated carbocycles. The number of hydrogen-bond donors (Lipinski definition) is 1. The summed E-state index contributed by atoms with van der Waals surface area (Å²) in [6.07, 6.45) is 1.35. The number of fused-ring (bicyclic) bond motifs is 1. The van der Waals surface area contributed by atoms with Crippen LogP contribution in [0.4, 0.5) is 11.4 Å². The maximum absolute atomic E-state index is 12.6. The maximum atomic E-state index is 12.6. The number of aliphatic imine (C=N–C) groups is 1. The van der Waals surface area contributed by atoms with Gasteiger partial charge in [-0.2, -0.15) is 0 Å². The van der Waals surface area contributed by atoms with Crippen molar-refractivity contribution in [1.29, 1.82) is 0 Å². The van der Waals surface area contributed by atoms with Gasteiger partial charge in [-0.3, -0.25) is 4.31 Å². The molecule has 108 valence electrons. The molecule has 2 aromatic carbocycles. The SMILES string of the molecule is Nc1ccc(CN2C=Nc3ccccc3S2(=O)=O)c(Br)c1. The Morgan fingerprint density at radius 1 is 1.19 bits per heavy atom. The number of benzene rings is 2. The zero-order chi connectivity index (χ0) is 15.0. The van der Waals surface area contributed by atoms with Crippen molar-refractivity contribution in [3.05, 3.63) is 52.5 Å². The number of halogens is 1. The number of nitrogen functional groups attached to an aromatic ring is 1. The summed E-state index contributed by atoms with van der Waals surface area (Å²) in [5.74, 6) is 0. The van der Waals surface area contributed by atoms with Crippen molar-refractivity contribution in [3.63, 3.8) is 0 Å². The topological polar surface area (TPSA) is 75.8 Å². The third kappa shape index (κ3) is 2.54. The second-order valence-corrected chi connectivity index (χ2v) is 7.33. The van der Waals surface area contributed by atoms with Gasteiger partial charge in [0.1, 0.15) is 11.2 Å². The maximum Gasteiger partial charge on any atom is 0.267 e. The predicted octanol–water partition coefficient (Wildman–Crippen LogP) is 2.90. The highest BCUT2D eigenvalue weighted by molar-refractivity contribution is 9.10. The molecule has 0 unspecified atom stereocenters. The van der Waals surface area contributed by atoms with Crippen LogP contribution in [0.25, 0.3) is 0 Å². The molecule has 1 aliphatic rings. The van der Waals surface area contributed by atoms with Crippen LogP contribution in [0, 0.1) is 0 Å². The first-order chi connectivity index (χ1) is 9.98. The van der Waals surface area contributed by atoms with E-state index >= 15 is 0 Å². The van der Waals surface area contributed by atoms with E-state index in [4.69, 9.17) is 5.73 Å². The minimum Gasteiger partial charge on any atom is -0.399 e. The van der Waals surface area contributed by atoms with Crippen molar-refractivity contribution in [2.75, 3.05) is 5.73 Å². The van der Waals surface area contributed by atoms with Crippen LogP contribution in [-0.2, 0) is 16.6 Å². The van der Waals surface area contributed by atoms with E-state index in [1.165, 1.54) is 10.6 Å².